The second kappa shape index (κ2) is 7.60. The highest BCUT2D eigenvalue weighted by molar-refractivity contribution is 6.62. The lowest BCUT2D eigenvalue weighted by Crippen LogP contribution is -2.47. The number of carbonyl (C=O) groups is 1. The van der Waals surface area contributed by atoms with Crippen LogP contribution in [-0.4, -0.2) is 43.2 Å². The Hall–Kier alpha value is -0.693. The van der Waals surface area contributed by atoms with Crippen molar-refractivity contribution < 1.29 is 22.8 Å². The fourth-order valence-corrected chi connectivity index (χ4v) is 4.07. The molecule has 1 unspecified atom stereocenters. The maximum absolute atomic E-state index is 11.4. The van der Waals surface area contributed by atoms with Crippen LogP contribution in [0.2, 0.25) is 5.54 Å². The van der Waals surface area contributed by atoms with E-state index in [1.807, 2.05) is 6.92 Å². The number of carbonyl (C=O) groups excluding carboxylic acids is 1. The normalized spacial score (nSPS) is 14.6. The minimum absolute atomic E-state index is 0.0680. The van der Waals surface area contributed by atoms with Crippen molar-refractivity contribution in [2.24, 2.45) is 0 Å². The lowest BCUT2D eigenvalue weighted by atomic mass is 10.2. The summed E-state index contributed by atoms with van der Waals surface area (Å²) in [5.41, 5.74) is 0.462. The van der Waals surface area contributed by atoms with E-state index in [-0.39, 0.29) is 11.5 Å². The summed E-state index contributed by atoms with van der Waals surface area (Å²) in [5, 5.41) is 0. The first-order valence-electron chi connectivity index (χ1n) is 5.43. The molecule has 5 nitrogen and oxygen atoms in total. The van der Waals surface area contributed by atoms with E-state index in [1.54, 1.807) is 34.3 Å². The summed E-state index contributed by atoms with van der Waals surface area (Å²) in [4.78, 5) is 11.4. The average Bonchev–Trinajstić information content (AvgIpc) is 2.38. The molecule has 0 spiro atoms. The Morgan fingerprint density at radius 3 is 1.94 bits per heavy atom. The van der Waals surface area contributed by atoms with Crippen molar-refractivity contribution in [3.05, 3.63) is 11.6 Å². The number of rotatable bonds is 7. The summed E-state index contributed by atoms with van der Waals surface area (Å²) >= 11 is 0. The minimum Gasteiger partial charge on any atom is -0.466 e. The second-order valence-electron chi connectivity index (χ2n) is 3.57. The molecule has 0 bridgehead atoms. The van der Waals surface area contributed by atoms with Crippen LogP contribution in [0.15, 0.2) is 11.6 Å². The Bertz CT molecular complexity index is 265. The molecule has 0 aromatic rings. The van der Waals surface area contributed by atoms with Crippen molar-refractivity contribution in [1.29, 1.82) is 0 Å². The van der Waals surface area contributed by atoms with E-state index < -0.39 is 8.80 Å². The molecule has 0 aliphatic heterocycles. The molecule has 0 radical (unpaired) electrons. The van der Waals surface area contributed by atoms with E-state index in [2.05, 4.69) is 4.74 Å². The lowest BCUT2D eigenvalue weighted by Gasteiger charge is -2.30. The van der Waals surface area contributed by atoms with Crippen molar-refractivity contribution in [1.82, 2.24) is 0 Å². The van der Waals surface area contributed by atoms with E-state index in [4.69, 9.17) is 13.3 Å². The van der Waals surface area contributed by atoms with Gasteiger partial charge in [0, 0.05) is 32.4 Å². The average molecular weight is 262 g/mol. The van der Waals surface area contributed by atoms with Crippen LogP contribution in [-0.2, 0) is 22.8 Å². The van der Waals surface area contributed by atoms with Gasteiger partial charge in [0.1, 0.15) is 0 Å². The van der Waals surface area contributed by atoms with Gasteiger partial charge in [-0.25, -0.2) is 4.79 Å². The Morgan fingerprint density at radius 1 is 1.18 bits per heavy atom. The highest BCUT2D eigenvalue weighted by Crippen LogP contribution is 2.29. The van der Waals surface area contributed by atoms with Gasteiger partial charge in [0.15, 0.2) is 0 Å². The molecule has 100 valence electrons. The highest BCUT2D eigenvalue weighted by atomic mass is 28.4. The quantitative estimate of drug-likeness (QED) is 0.397. The van der Waals surface area contributed by atoms with E-state index >= 15 is 0 Å². The van der Waals surface area contributed by atoms with Crippen LogP contribution in [0, 0.1) is 0 Å². The number of esters is 1. The maximum Gasteiger partial charge on any atom is 0.507 e. The number of ether oxygens (including phenoxy) is 1. The number of hydrogen-bond acceptors (Lipinski definition) is 5. The van der Waals surface area contributed by atoms with Gasteiger partial charge in [-0.2, -0.15) is 0 Å². The van der Waals surface area contributed by atoms with Crippen LogP contribution in [0.5, 0.6) is 0 Å². The van der Waals surface area contributed by atoms with Crippen LogP contribution in [0.1, 0.15) is 20.3 Å². The molecular formula is C11H22O5Si. The predicted molar refractivity (Wildman–Crippen MR) is 66.6 cm³/mol. The fraction of sp³-hybridized carbons (Fsp3) is 0.727. The molecular weight excluding hydrogens is 240 g/mol. The fourth-order valence-electron chi connectivity index (χ4n) is 1.70. The SMILES string of the molecule is CCC(/C=C(\C)C(=O)OC)[Si](OC)(OC)OC. The lowest BCUT2D eigenvalue weighted by molar-refractivity contribution is -0.136. The van der Waals surface area contributed by atoms with Gasteiger partial charge in [0.25, 0.3) is 0 Å². The predicted octanol–water partition coefficient (Wildman–Crippen LogP) is 1.76. The van der Waals surface area contributed by atoms with Gasteiger partial charge >= 0.3 is 14.8 Å². The number of hydrogen-bond donors (Lipinski definition) is 0. The van der Waals surface area contributed by atoms with Crippen LogP contribution in [0.3, 0.4) is 0 Å². The molecule has 0 saturated carbocycles. The van der Waals surface area contributed by atoms with Gasteiger partial charge in [0.2, 0.25) is 0 Å². The molecule has 0 saturated heterocycles. The van der Waals surface area contributed by atoms with Gasteiger partial charge in [-0.1, -0.05) is 13.0 Å². The highest BCUT2D eigenvalue weighted by Gasteiger charge is 2.45. The zero-order valence-corrected chi connectivity index (χ0v) is 12.4. The third-order valence-electron chi connectivity index (χ3n) is 2.71. The second-order valence-corrected chi connectivity index (χ2v) is 6.75. The zero-order chi connectivity index (χ0) is 13.5. The van der Waals surface area contributed by atoms with E-state index in [0.717, 1.165) is 6.42 Å². The molecule has 0 aliphatic carbocycles. The first-order chi connectivity index (χ1) is 8.01. The molecule has 17 heavy (non-hydrogen) atoms. The largest absolute Gasteiger partial charge is 0.507 e. The molecule has 0 aromatic heterocycles. The van der Waals surface area contributed by atoms with Gasteiger partial charge < -0.3 is 18.0 Å². The Morgan fingerprint density at radius 2 is 1.65 bits per heavy atom. The topological polar surface area (TPSA) is 54.0 Å². The van der Waals surface area contributed by atoms with E-state index in [1.165, 1.54) is 7.11 Å². The summed E-state index contributed by atoms with van der Waals surface area (Å²) < 4.78 is 20.9. The van der Waals surface area contributed by atoms with Crippen LogP contribution >= 0.6 is 0 Å². The van der Waals surface area contributed by atoms with Gasteiger partial charge in [-0.3, -0.25) is 0 Å². The molecule has 0 aliphatic rings. The first-order valence-corrected chi connectivity index (χ1v) is 7.23. The maximum atomic E-state index is 11.4. The van der Waals surface area contributed by atoms with Crippen LogP contribution < -0.4 is 0 Å². The summed E-state index contributed by atoms with van der Waals surface area (Å²) in [6, 6.07) is 0. The summed E-state index contributed by atoms with van der Waals surface area (Å²) in [7, 11) is 3.28. The molecule has 6 heteroatoms. The van der Waals surface area contributed by atoms with Crippen molar-refractivity contribution in [2.45, 2.75) is 25.8 Å². The number of methoxy groups -OCH3 is 1. The third kappa shape index (κ3) is 3.92. The van der Waals surface area contributed by atoms with Crippen LogP contribution in [0.4, 0.5) is 0 Å². The molecule has 0 amide bonds. The molecule has 0 fully saturated rings. The van der Waals surface area contributed by atoms with Crippen LogP contribution in [0.25, 0.3) is 0 Å². The third-order valence-corrected chi connectivity index (χ3v) is 5.90. The molecule has 0 heterocycles. The zero-order valence-electron chi connectivity index (χ0n) is 11.4. The Kier molecular flexibility index (Phi) is 7.29. The van der Waals surface area contributed by atoms with Gasteiger partial charge in [-0.15, -0.1) is 0 Å². The van der Waals surface area contributed by atoms with Crippen molar-refractivity contribution in [3.63, 3.8) is 0 Å². The van der Waals surface area contributed by atoms with E-state index in [0.29, 0.717) is 5.57 Å². The molecule has 0 rings (SSSR count). The first kappa shape index (κ1) is 16.3. The van der Waals surface area contributed by atoms with Crippen molar-refractivity contribution in [3.8, 4) is 0 Å². The molecule has 0 aromatic carbocycles. The minimum atomic E-state index is -2.75. The number of allylic oxidation sites excluding steroid dienone is 1. The summed E-state index contributed by atoms with van der Waals surface area (Å²) in [6.07, 6.45) is 2.56. The smallest absolute Gasteiger partial charge is 0.466 e. The molecule has 0 N–H and O–H groups in total. The van der Waals surface area contributed by atoms with Gasteiger partial charge in [0.05, 0.1) is 7.11 Å². The monoisotopic (exact) mass is 262 g/mol. The Labute approximate surface area is 104 Å². The van der Waals surface area contributed by atoms with E-state index in [9.17, 15) is 4.79 Å². The summed E-state index contributed by atoms with van der Waals surface area (Å²) in [5.74, 6) is -0.352. The standard InChI is InChI=1S/C11H22O5Si/c1-7-10(8-9(2)11(12)13-3)17(14-4,15-5)16-6/h8,10H,7H2,1-6H3/b9-8+. The summed E-state index contributed by atoms with van der Waals surface area (Å²) in [6.45, 7) is 3.69. The van der Waals surface area contributed by atoms with Crippen molar-refractivity contribution >= 4 is 14.8 Å². The van der Waals surface area contributed by atoms with Gasteiger partial charge in [-0.05, 0) is 13.3 Å². The van der Waals surface area contributed by atoms with Crippen molar-refractivity contribution in [2.75, 3.05) is 28.4 Å². The Balaban J connectivity index is 5.12. The molecule has 1 atom stereocenters.